The van der Waals surface area contributed by atoms with Gasteiger partial charge in [0.05, 0.1) is 16.6 Å². The minimum atomic E-state index is -4.63. The zero-order chi connectivity index (χ0) is 19.5. The van der Waals surface area contributed by atoms with Crippen LogP contribution in [-0.2, 0) is 6.18 Å². The van der Waals surface area contributed by atoms with E-state index in [9.17, 15) is 36.5 Å². The van der Waals surface area contributed by atoms with E-state index < -0.39 is 40.9 Å². The molecule has 1 N–H and O–H groups in total. The van der Waals surface area contributed by atoms with E-state index in [2.05, 4.69) is 10.1 Å². The number of nitro groups is 1. The molecule has 0 bridgehead atoms. The summed E-state index contributed by atoms with van der Waals surface area (Å²) in [4.78, 5) is 10.1. The monoisotopic (exact) mass is 380 g/mol. The molecular formula is C15H10F6N2O3. The van der Waals surface area contributed by atoms with Crippen molar-refractivity contribution in [2.45, 2.75) is 12.4 Å². The fraction of sp³-hybridized carbons (Fsp3) is 0.200. The molecule has 2 rings (SSSR count). The molecule has 0 aromatic heterocycles. The van der Waals surface area contributed by atoms with Crippen LogP contribution in [0.1, 0.15) is 5.56 Å². The minimum Gasteiger partial charge on any atom is -0.484 e. The Hall–Kier alpha value is -2.98. The highest BCUT2D eigenvalue weighted by Crippen LogP contribution is 2.32. The van der Waals surface area contributed by atoms with Crippen molar-refractivity contribution in [1.82, 2.24) is 0 Å². The van der Waals surface area contributed by atoms with Crippen molar-refractivity contribution in [3.8, 4) is 5.75 Å². The summed E-state index contributed by atoms with van der Waals surface area (Å²) in [6.07, 6.45) is -9.16. The number of ether oxygens (including phenoxy) is 1. The van der Waals surface area contributed by atoms with E-state index in [0.29, 0.717) is 0 Å². The quantitative estimate of drug-likeness (QED) is 0.434. The van der Waals surface area contributed by atoms with Gasteiger partial charge in [-0.2, -0.15) is 26.3 Å². The summed E-state index contributed by atoms with van der Waals surface area (Å²) in [7, 11) is 0. The van der Waals surface area contributed by atoms with Gasteiger partial charge < -0.3 is 10.1 Å². The predicted molar refractivity (Wildman–Crippen MR) is 79.4 cm³/mol. The predicted octanol–water partition coefficient (Wildman–Crippen LogP) is 5.30. The van der Waals surface area contributed by atoms with Crippen molar-refractivity contribution >= 4 is 17.1 Å². The van der Waals surface area contributed by atoms with Gasteiger partial charge in [0.15, 0.2) is 6.61 Å². The molecule has 2 aromatic carbocycles. The van der Waals surface area contributed by atoms with Crippen LogP contribution in [0, 0.1) is 10.1 Å². The molecule has 2 aromatic rings. The smallest absolute Gasteiger partial charge is 0.422 e. The van der Waals surface area contributed by atoms with Gasteiger partial charge in [-0.1, -0.05) is 0 Å². The molecule has 0 saturated carbocycles. The number of non-ortho nitro benzene ring substituents is 1. The number of hydrogen-bond acceptors (Lipinski definition) is 4. The molecule has 0 radical (unpaired) electrons. The molecule has 0 aliphatic heterocycles. The largest absolute Gasteiger partial charge is 0.484 e. The summed E-state index contributed by atoms with van der Waals surface area (Å²) in [6, 6.07) is 6.63. The van der Waals surface area contributed by atoms with E-state index in [-0.39, 0.29) is 11.4 Å². The summed E-state index contributed by atoms with van der Waals surface area (Å²) in [5.74, 6) is -0.411. The Morgan fingerprint density at radius 2 is 1.58 bits per heavy atom. The second kappa shape index (κ2) is 7.10. The second-order valence-corrected chi connectivity index (χ2v) is 5.08. The Kier molecular flexibility index (Phi) is 5.28. The lowest BCUT2D eigenvalue weighted by atomic mass is 10.2. The lowest BCUT2D eigenvalue weighted by Crippen LogP contribution is -2.19. The number of nitrogens with zero attached hydrogens (tertiary/aromatic N) is 1. The first-order valence-electron chi connectivity index (χ1n) is 6.87. The Morgan fingerprint density at radius 1 is 0.962 bits per heavy atom. The van der Waals surface area contributed by atoms with Gasteiger partial charge in [0.25, 0.3) is 5.69 Å². The molecule has 11 heteroatoms. The number of hydrogen-bond donors (Lipinski definition) is 1. The van der Waals surface area contributed by atoms with Crippen LogP contribution in [0.3, 0.4) is 0 Å². The molecule has 5 nitrogen and oxygen atoms in total. The number of anilines is 2. The fourth-order valence-corrected chi connectivity index (χ4v) is 1.92. The maximum atomic E-state index is 12.5. The van der Waals surface area contributed by atoms with Crippen LogP contribution in [-0.4, -0.2) is 17.7 Å². The Balaban J connectivity index is 2.24. The standard InChI is InChI=1S/C15H10F6N2O3/c16-14(17,18)8-26-13-6-11(5-12(7-13)23(24)25)22-10-3-1-9(2-4-10)15(19,20)21/h1-7,22H,8H2. The molecular weight excluding hydrogens is 370 g/mol. The van der Waals surface area contributed by atoms with Crippen LogP contribution >= 0.6 is 0 Å². The van der Waals surface area contributed by atoms with E-state index in [1.165, 1.54) is 0 Å². The third-order valence-corrected chi connectivity index (χ3v) is 3.01. The van der Waals surface area contributed by atoms with Crippen molar-refractivity contribution in [3.63, 3.8) is 0 Å². The van der Waals surface area contributed by atoms with Crippen LogP contribution in [0.4, 0.5) is 43.4 Å². The molecule has 0 aliphatic rings. The number of nitrogens with one attached hydrogen (secondary N) is 1. The van der Waals surface area contributed by atoms with Gasteiger partial charge in [-0.05, 0) is 24.3 Å². The Morgan fingerprint density at radius 3 is 2.08 bits per heavy atom. The topological polar surface area (TPSA) is 64.4 Å². The molecule has 0 unspecified atom stereocenters. The van der Waals surface area contributed by atoms with E-state index in [1.807, 2.05) is 0 Å². The fourth-order valence-electron chi connectivity index (χ4n) is 1.92. The Bertz CT molecular complexity index is 787. The van der Waals surface area contributed by atoms with Gasteiger partial charge in [0.1, 0.15) is 5.75 Å². The summed E-state index contributed by atoms with van der Waals surface area (Å²) < 4.78 is 78.7. The van der Waals surface area contributed by atoms with Gasteiger partial charge in [0, 0.05) is 23.5 Å². The molecule has 0 amide bonds. The zero-order valence-electron chi connectivity index (χ0n) is 12.7. The summed E-state index contributed by atoms with van der Waals surface area (Å²) in [6.45, 7) is -1.64. The summed E-state index contributed by atoms with van der Waals surface area (Å²) in [5, 5.41) is 13.5. The van der Waals surface area contributed by atoms with Gasteiger partial charge in [-0.3, -0.25) is 10.1 Å². The third kappa shape index (κ3) is 5.53. The lowest BCUT2D eigenvalue weighted by Gasteiger charge is -2.12. The molecule has 26 heavy (non-hydrogen) atoms. The van der Waals surface area contributed by atoms with Crippen LogP contribution in [0.2, 0.25) is 0 Å². The average Bonchev–Trinajstić information content (AvgIpc) is 2.52. The molecule has 140 valence electrons. The number of rotatable bonds is 5. The highest BCUT2D eigenvalue weighted by Gasteiger charge is 2.30. The first-order valence-corrected chi connectivity index (χ1v) is 6.87. The van der Waals surface area contributed by atoms with Gasteiger partial charge >= 0.3 is 12.4 Å². The first-order chi connectivity index (χ1) is 11.9. The number of nitro benzene ring substituents is 1. The van der Waals surface area contributed by atoms with Crippen LogP contribution in [0.25, 0.3) is 0 Å². The van der Waals surface area contributed by atoms with Crippen molar-refractivity contribution in [2.75, 3.05) is 11.9 Å². The van der Waals surface area contributed by atoms with E-state index in [1.54, 1.807) is 0 Å². The summed E-state index contributed by atoms with van der Waals surface area (Å²) in [5.41, 5.74) is -1.30. The maximum absolute atomic E-state index is 12.5. The molecule has 0 atom stereocenters. The maximum Gasteiger partial charge on any atom is 0.422 e. The van der Waals surface area contributed by atoms with Crippen molar-refractivity contribution in [3.05, 3.63) is 58.1 Å². The van der Waals surface area contributed by atoms with Crippen LogP contribution in [0.5, 0.6) is 5.75 Å². The van der Waals surface area contributed by atoms with Crippen molar-refractivity contribution < 1.29 is 36.0 Å². The first kappa shape index (κ1) is 19.3. The van der Waals surface area contributed by atoms with Crippen molar-refractivity contribution in [1.29, 1.82) is 0 Å². The average molecular weight is 380 g/mol. The number of halogens is 6. The van der Waals surface area contributed by atoms with Crippen molar-refractivity contribution in [2.24, 2.45) is 0 Å². The SMILES string of the molecule is O=[N+]([O-])c1cc(Nc2ccc(C(F)(F)F)cc2)cc(OCC(F)(F)F)c1. The number of benzene rings is 2. The van der Waals surface area contributed by atoms with Gasteiger partial charge in [-0.25, -0.2) is 0 Å². The van der Waals surface area contributed by atoms with Crippen LogP contribution in [0.15, 0.2) is 42.5 Å². The molecule has 0 saturated heterocycles. The normalized spacial score (nSPS) is 11.9. The molecule has 0 aliphatic carbocycles. The Labute approximate surface area is 142 Å². The summed E-state index contributed by atoms with van der Waals surface area (Å²) >= 11 is 0. The van der Waals surface area contributed by atoms with Gasteiger partial charge in [0.2, 0.25) is 0 Å². The zero-order valence-corrected chi connectivity index (χ0v) is 12.7. The van der Waals surface area contributed by atoms with E-state index >= 15 is 0 Å². The lowest BCUT2D eigenvalue weighted by molar-refractivity contribution is -0.384. The second-order valence-electron chi connectivity index (χ2n) is 5.08. The highest BCUT2D eigenvalue weighted by molar-refractivity contribution is 5.65. The van der Waals surface area contributed by atoms with Crippen LogP contribution < -0.4 is 10.1 Å². The van der Waals surface area contributed by atoms with E-state index in [4.69, 9.17) is 0 Å². The highest BCUT2D eigenvalue weighted by atomic mass is 19.4. The third-order valence-electron chi connectivity index (χ3n) is 3.01. The van der Waals surface area contributed by atoms with E-state index in [0.717, 1.165) is 42.5 Å². The molecule has 0 spiro atoms. The molecule has 0 heterocycles. The number of alkyl halides is 6. The van der Waals surface area contributed by atoms with Gasteiger partial charge in [-0.15, -0.1) is 0 Å². The minimum absolute atomic E-state index is 0.0175. The molecule has 0 fully saturated rings.